The van der Waals surface area contributed by atoms with Crippen LogP contribution in [0.15, 0.2) is 76.4 Å². The van der Waals surface area contributed by atoms with Gasteiger partial charge in [-0.1, -0.05) is 24.3 Å². The number of imide groups is 1. The van der Waals surface area contributed by atoms with Crippen LogP contribution in [0.25, 0.3) is 10.9 Å². The van der Waals surface area contributed by atoms with Crippen LogP contribution in [-0.4, -0.2) is 55.2 Å². The zero-order valence-electron chi connectivity index (χ0n) is 19.8. The minimum Gasteiger partial charge on any atom is -0.465 e. The summed E-state index contributed by atoms with van der Waals surface area (Å²) in [5, 5.41) is 2.62. The van der Waals surface area contributed by atoms with Crippen LogP contribution in [0.4, 0.5) is 5.69 Å². The van der Waals surface area contributed by atoms with E-state index in [1.54, 1.807) is 11.4 Å². The number of anilines is 1. The van der Waals surface area contributed by atoms with Crippen molar-refractivity contribution in [3.63, 3.8) is 0 Å². The summed E-state index contributed by atoms with van der Waals surface area (Å²) in [6.45, 7) is 0.0148. The highest BCUT2D eigenvalue weighted by Gasteiger charge is 2.47. The number of aromatic amines is 1. The van der Waals surface area contributed by atoms with E-state index in [4.69, 9.17) is 0 Å². The standard InChI is InChI=1S/C26H23N3O6S2/c1-35-26(32)17-8-10-19(11-9-17)29-23(30)15-22(25(29)31)28(37(33,34)24-7-4-14-36-24)13-12-18-16-27-21-6-3-2-5-20(18)21/h2-11,14,16,22,27H,12-13,15H2,1H3. The molecule has 0 saturated carbocycles. The van der Waals surface area contributed by atoms with E-state index < -0.39 is 33.8 Å². The van der Waals surface area contributed by atoms with Gasteiger partial charge < -0.3 is 9.72 Å². The lowest BCUT2D eigenvalue weighted by Crippen LogP contribution is -2.46. The number of H-pyrrole nitrogens is 1. The number of esters is 1. The second-order valence-electron chi connectivity index (χ2n) is 8.48. The lowest BCUT2D eigenvalue weighted by atomic mass is 10.1. The fourth-order valence-corrected chi connectivity index (χ4v) is 7.22. The van der Waals surface area contributed by atoms with Gasteiger partial charge >= 0.3 is 5.97 Å². The molecule has 1 saturated heterocycles. The number of sulfonamides is 1. The van der Waals surface area contributed by atoms with Gasteiger partial charge in [0.2, 0.25) is 5.91 Å². The SMILES string of the molecule is COC(=O)c1ccc(N2C(=O)CC(N(CCc3c[nH]c4ccccc34)S(=O)(=O)c3cccs3)C2=O)cc1. The zero-order chi connectivity index (χ0) is 26.2. The summed E-state index contributed by atoms with van der Waals surface area (Å²) < 4.78 is 33.2. The second kappa shape index (κ2) is 9.92. The molecule has 0 bridgehead atoms. The Balaban J connectivity index is 1.46. The average molecular weight is 538 g/mol. The van der Waals surface area contributed by atoms with Crippen molar-refractivity contribution < 1.29 is 27.5 Å². The van der Waals surface area contributed by atoms with Crippen molar-refractivity contribution in [3.05, 3.63) is 83.4 Å². The predicted octanol–water partition coefficient (Wildman–Crippen LogP) is 3.58. The van der Waals surface area contributed by atoms with Crippen LogP contribution < -0.4 is 4.90 Å². The molecule has 1 atom stereocenters. The summed E-state index contributed by atoms with van der Waals surface area (Å²) in [7, 11) is -2.79. The van der Waals surface area contributed by atoms with Gasteiger partial charge in [-0.05, 0) is 53.8 Å². The zero-order valence-corrected chi connectivity index (χ0v) is 21.4. The molecule has 37 heavy (non-hydrogen) atoms. The van der Waals surface area contributed by atoms with Crippen molar-refractivity contribution in [1.29, 1.82) is 0 Å². The Bertz CT molecular complexity index is 1580. The van der Waals surface area contributed by atoms with E-state index in [1.165, 1.54) is 37.4 Å². The van der Waals surface area contributed by atoms with Crippen LogP contribution in [0.2, 0.25) is 0 Å². The molecule has 0 aliphatic carbocycles. The molecular formula is C26H23N3O6S2. The highest BCUT2D eigenvalue weighted by molar-refractivity contribution is 7.91. The van der Waals surface area contributed by atoms with Crippen LogP contribution in [0.1, 0.15) is 22.3 Å². The van der Waals surface area contributed by atoms with E-state index in [-0.39, 0.29) is 28.4 Å². The van der Waals surface area contributed by atoms with Gasteiger partial charge in [-0.2, -0.15) is 4.31 Å². The second-order valence-corrected chi connectivity index (χ2v) is 11.5. The van der Waals surface area contributed by atoms with Crippen molar-refractivity contribution in [2.24, 2.45) is 0 Å². The number of carbonyl (C=O) groups excluding carboxylic acids is 3. The Morgan fingerprint density at radius 2 is 1.86 bits per heavy atom. The van der Waals surface area contributed by atoms with E-state index in [2.05, 4.69) is 9.72 Å². The fourth-order valence-electron chi connectivity index (χ4n) is 4.52. The van der Waals surface area contributed by atoms with E-state index in [0.717, 1.165) is 37.0 Å². The predicted molar refractivity (Wildman–Crippen MR) is 139 cm³/mol. The van der Waals surface area contributed by atoms with Gasteiger partial charge in [0.1, 0.15) is 10.3 Å². The molecule has 1 fully saturated rings. The molecule has 0 spiro atoms. The van der Waals surface area contributed by atoms with E-state index in [0.29, 0.717) is 6.42 Å². The lowest BCUT2D eigenvalue weighted by Gasteiger charge is -2.26. The van der Waals surface area contributed by atoms with Crippen LogP contribution in [0.3, 0.4) is 0 Å². The summed E-state index contributed by atoms with van der Waals surface area (Å²) in [5.74, 6) is -1.69. The molecule has 1 N–H and O–H groups in total. The van der Waals surface area contributed by atoms with Gasteiger partial charge in [-0.3, -0.25) is 9.59 Å². The third-order valence-electron chi connectivity index (χ3n) is 6.35. The third kappa shape index (κ3) is 4.57. The number of aromatic nitrogens is 1. The van der Waals surface area contributed by atoms with Crippen LogP contribution in [-0.2, 0) is 30.8 Å². The van der Waals surface area contributed by atoms with Gasteiger partial charge in [0.15, 0.2) is 0 Å². The number of thiophene rings is 1. The summed E-state index contributed by atoms with van der Waals surface area (Å²) in [6.07, 6.45) is 1.90. The Kier molecular flexibility index (Phi) is 6.67. The van der Waals surface area contributed by atoms with Crippen molar-refractivity contribution in [2.75, 3.05) is 18.6 Å². The van der Waals surface area contributed by atoms with Crippen molar-refractivity contribution in [1.82, 2.24) is 9.29 Å². The van der Waals surface area contributed by atoms with Gasteiger partial charge in [0.05, 0.1) is 24.8 Å². The molecule has 1 aliphatic rings. The summed E-state index contributed by atoms with van der Waals surface area (Å²) in [5.41, 5.74) is 2.37. The molecule has 3 heterocycles. The molecule has 4 aromatic rings. The number of carbonyl (C=O) groups is 3. The molecular weight excluding hydrogens is 514 g/mol. The smallest absolute Gasteiger partial charge is 0.337 e. The molecule has 190 valence electrons. The molecule has 0 radical (unpaired) electrons. The van der Waals surface area contributed by atoms with E-state index >= 15 is 0 Å². The van der Waals surface area contributed by atoms with Crippen LogP contribution in [0.5, 0.6) is 0 Å². The first-order valence-electron chi connectivity index (χ1n) is 11.5. The molecule has 5 rings (SSSR count). The van der Waals surface area contributed by atoms with Crippen molar-refractivity contribution in [3.8, 4) is 0 Å². The normalized spacial score (nSPS) is 16.2. The summed E-state index contributed by atoms with van der Waals surface area (Å²) >= 11 is 1.06. The largest absolute Gasteiger partial charge is 0.465 e. The number of rotatable bonds is 8. The Morgan fingerprint density at radius 1 is 1.11 bits per heavy atom. The number of nitrogens with one attached hydrogen (secondary N) is 1. The maximum atomic E-state index is 13.6. The number of fused-ring (bicyclic) bond motifs is 1. The molecule has 9 nitrogen and oxygen atoms in total. The quantitative estimate of drug-likeness (QED) is 0.271. The van der Waals surface area contributed by atoms with Gasteiger partial charge in [-0.15, -0.1) is 11.3 Å². The van der Waals surface area contributed by atoms with Crippen molar-refractivity contribution >= 4 is 55.7 Å². The maximum absolute atomic E-state index is 13.6. The molecule has 1 unspecified atom stereocenters. The number of hydrogen-bond donors (Lipinski definition) is 1. The third-order valence-corrected chi connectivity index (χ3v) is 9.63. The number of para-hydroxylation sites is 1. The minimum absolute atomic E-state index is 0.0148. The number of nitrogens with zero attached hydrogens (tertiary/aromatic N) is 2. The lowest BCUT2D eigenvalue weighted by molar-refractivity contribution is -0.122. The van der Waals surface area contributed by atoms with Gasteiger partial charge in [0, 0.05) is 23.6 Å². The Morgan fingerprint density at radius 3 is 2.57 bits per heavy atom. The Labute approximate surface area is 217 Å². The fraction of sp³-hybridized carbons (Fsp3) is 0.192. The maximum Gasteiger partial charge on any atom is 0.337 e. The van der Waals surface area contributed by atoms with Gasteiger partial charge in [0.25, 0.3) is 15.9 Å². The monoisotopic (exact) mass is 537 g/mol. The topological polar surface area (TPSA) is 117 Å². The molecule has 2 aromatic heterocycles. The number of ether oxygens (including phenoxy) is 1. The van der Waals surface area contributed by atoms with Crippen LogP contribution in [0, 0.1) is 0 Å². The number of methoxy groups -OCH3 is 1. The molecule has 2 amide bonds. The first-order valence-corrected chi connectivity index (χ1v) is 13.8. The van der Waals surface area contributed by atoms with E-state index in [9.17, 15) is 22.8 Å². The number of hydrogen-bond acceptors (Lipinski definition) is 7. The highest BCUT2D eigenvalue weighted by Crippen LogP contribution is 2.31. The van der Waals surface area contributed by atoms with Gasteiger partial charge in [-0.25, -0.2) is 18.1 Å². The van der Waals surface area contributed by atoms with Crippen LogP contribution >= 0.6 is 11.3 Å². The molecule has 11 heteroatoms. The summed E-state index contributed by atoms with van der Waals surface area (Å²) in [6, 6.07) is 15.5. The molecule has 2 aromatic carbocycles. The average Bonchev–Trinajstić information content (AvgIpc) is 3.64. The van der Waals surface area contributed by atoms with Crippen molar-refractivity contribution in [2.45, 2.75) is 23.1 Å². The first kappa shape index (κ1) is 24.9. The summed E-state index contributed by atoms with van der Waals surface area (Å²) in [4.78, 5) is 42.4. The highest BCUT2D eigenvalue weighted by atomic mass is 32.2. The number of amides is 2. The minimum atomic E-state index is -4.05. The van der Waals surface area contributed by atoms with E-state index in [1.807, 2.05) is 30.5 Å². The number of benzene rings is 2. The molecule has 1 aliphatic heterocycles. The first-order chi connectivity index (χ1) is 17.8. The Hall–Kier alpha value is -3.80.